The molecule has 69 heavy (non-hydrogen) atoms. The normalized spacial score (nSPS) is 11.8. The van der Waals surface area contributed by atoms with Gasteiger partial charge in [-0.2, -0.15) is 13.2 Å². The van der Waals surface area contributed by atoms with Crippen LogP contribution in [0.4, 0.5) is 18.9 Å². The zero-order chi connectivity index (χ0) is 46.8. The van der Waals surface area contributed by atoms with Gasteiger partial charge in [0, 0.05) is 45.1 Å². The van der Waals surface area contributed by atoms with E-state index in [0.29, 0.717) is 16.9 Å². The fourth-order valence-corrected chi connectivity index (χ4v) is 10.1. The number of aromatic nitrogens is 4. The number of hydrogen-bond donors (Lipinski definition) is 0. The van der Waals surface area contributed by atoms with E-state index in [9.17, 15) is 0 Å². The summed E-state index contributed by atoms with van der Waals surface area (Å²) in [5.41, 5.74) is 12.1. The van der Waals surface area contributed by atoms with Crippen LogP contribution in [0.3, 0.4) is 0 Å². The maximum atomic E-state index is 15.1. The van der Waals surface area contributed by atoms with Crippen molar-refractivity contribution in [3.63, 3.8) is 0 Å². The van der Waals surface area contributed by atoms with Crippen LogP contribution in [0.1, 0.15) is 11.1 Å². The van der Waals surface area contributed by atoms with Crippen molar-refractivity contribution < 1.29 is 13.2 Å². The SMILES string of the molecule is [C-]#[N+]c1cc(-n2c3ccccc3c3ccc(-c4ccnc(-c5ccccc5)c4)cc32)c(-n2c3ccccc3c3ccc(-c4ccnc(-c5ccccc5)c4)cc32)cc1-c1c(C)cccc1C(F)(F)F. The van der Waals surface area contributed by atoms with Gasteiger partial charge in [0.15, 0.2) is 5.69 Å². The molecule has 0 fully saturated rings. The van der Waals surface area contributed by atoms with Crippen molar-refractivity contribution in [3.05, 3.63) is 235 Å². The van der Waals surface area contributed by atoms with E-state index in [1.54, 1.807) is 25.1 Å². The van der Waals surface area contributed by atoms with Crippen molar-refractivity contribution in [1.82, 2.24) is 19.1 Å². The van der Waals surface area contributed by atoms with Crippen LogP contribution in [0, 0.1) is 13.5 Å². The lowest BCUT2D eigenvalue weighted by molar-refractivity contribution is -0.137. The highest BCUT2D eigenvalue weighted by Gasteiger charge is 2.35. The Hall–Kier alpha value is -9.06. The lowest BCUT2D eigenvalue weighted by Crippen LogP contribution is -2.09. The number of alkyl halides is 3. The van der Waals surface area contributed by atoms with Gasteiger partial charge in [-0.25, -0.2) is 4.85 Å². The Bertz CT molecular complexity index is 4030. The number of hydrogen-bond acceptors (Lipinski definition) is 2. The average Bonchev–Trinajstić information content (AvgIpc) is 3.90. The molecule has 0 saturated heterocycles. The van der Waals surface area contributed by atoms with Crippen LogP contribution in [-0.4, -0.2) is 19.1 Å². The zero-order valence-corrected chi connectivity index (χ0v) is 37.1. The first-order chi connectivity index (χ1) is 33.7. The fraction of sp³-hybridized carbons (Fsp3) is 0.0328. The molecule has 0 atom stereocenters. The summed E-state index contributed by atoms with van der Waals surface area (Å²) >= 11 is 0. The van der Waals surface area contributed by atoms with Crippen LogP contribution < -0.4 is 0 Å². The smallest absolute Gasteiger partial charge is 0.308 e. The number of nitrogens with zero attached hydrogens (tertiary/aromatic N) is 5. The van der Waals surface area contributed by atoms with Crippen molar-refractivity contribution >= 4 is 49.3 Å². The molecule has 4 aromatic heterocycles. The van der Waals surface area contributed by atoms with Gasteiger partial charge in [0.1, 0.15) is 0 Å². The first-order valence-electron chi connectivity index (χ1n) is 22.6. The predicted octanol–water partition coefficient (Wildman–Crippen LogP) is 16.9. The lowest BCUT2D eigenvalue weighted by atomic mass is 9.92. The number of halogens is 3. The highest BCUT2D eigenvalue weighted by atomic mass is 19.4. The first kappa shape index (κ1) is 41.4. The zero-order valence-electron chi connectivity index (χ0n) is 37.1. The quantitative estimate of drug-likeness (QED) is 0.150. The summed E-state index contributed by atoms with van der Waals surface area (Å²) in [5, 5.41) is 3.93. The summed E-state index contributed by atoms with van der Waals surface area (Å²) in [6.07, 6.45) is -1.04. The third-order valence-corrected chi connectivity index (χ3v) is 13.2. The number of rotatable bonds is 7. The van der Waals surface area contributed by atoms with Gasteiger partial charge in [-0.3, -0.25) is 9.97 Å². The molecule has 0 N–H and O–H groups in total. The molecule has 0 saturated carbocycles. The molecule has 0 aliphatic rings. The van der Waals surface area contributed by atoms with Crippen molar-refractivity contribution in [2.24, 2.45) is 0 Å². The Morgan fingerprint density at radius 2 is 0.899 bits per heavy atom. The summed E-state index contributed by atoms with van der Waals surface area (Å²) in [5.74, 6) is 0. The maximum absolute atomic E-state index is 15.1. The number of fused-ring (bicyclic) bond motifs is 6. The van der Waals surface area contributed by atoms with E-state index in [1.807, 2.05) is 116 Å². The molecule has 0 aliphatic carbocycles. The van der Waals surface area contributed by atoms with E-state index in [4.69, 9.17) is 16.5 Å². The topological polar surface area (TPSA) is 40.0 Å². The van der Waals surface area contributed by atoms with Gasteiger partial charge in [0.25, 0.3) is 0 Å². The molecule has 8 aromatic carbocycles. The molecule has 0 radical (unpaired) electrons. The lowest BCUT2D eigenvalue weighted by Gasteiger charge is -2.22. The first-order valence-corrected chi connectivity index (χ1v) is 22.6. The van der Waals surface area contributed by atoms with Gasteiger partial charge < -0.3 is 9.13 Å². The van der Waals surface area contributed by atoms with Crippen molar-refractivity contribution in [2.45, 2.75) is 13.1 Å². The van der Waals surface area contributed by atoms with E-state index < -0.39 is 11.7 Å². The molecular formula is C61H38F3N5. The molecule has 328 valence electrons. The van der Waals surface area contributed by atoms with Gasteiger partial charge in [0.05, 0.1) is 57.0 Å². The molecule has 0 unspecified atom stereocenters. The van der Waals surface area contributed by atoms with Crippen molar-refractivity contribution in [3.8, 4) is 67.3 Å². The minimum atomic E-state index is -4.68. The van der Waals surface area contributed by atoms with Gasteiger partial charge >= 0.3 is 6.18 Å². The molecule has 8 heteroatoms. The van der Waals surface area contributed by atoms with Gasteiger partial charge in [0.2, 0.25) is 0 Å². The molecule has 12 rings (SSSR count). The Labute approximate surface area is 395 Å². The Morgan fingerprint density at radius 3 is 1.41 bits per heavy atom. The van der Waals surface area contributed by atoms with Crippen LogP contribution in [-0.2, 0) is 6.18 Å². The molecule has 4 heterocycles. The molecule has 5 nitrogen and oxygen atoms in total. The second-order valence-electron chi connectivity index (χ2n) is 17.2. The van der Waals surface area contributed by atoms with Crippen molar-refractivity contribution in [2.75, 3.05) is 0 Å². The van der Waals surface area contributed by atoms with Crippen molar-refractivity contribution in [1.29, 1.82) is 0 Å². The minimum Gasteiger partial charge on any atom is -0.308 e. The number of benzene rings is 8. The Morgan fingerprint density at radius 1 is 0.435 bits per heavy atom. The third-order valence-electron chi connectivity index (χ3n) is 13.2. The number of aryl methyl sites for hydroxylation is 1. The molecule has 12 aromatic rings. The summed E-state index contributed by atoms with van der Waals surface area (Å²) in [7, 11) is 0. The second kappa shape index (κ2) is 16.4. The molecule has 0 bridgehead atoms. The van der Waals surface area contributed by atoms with Gasteiger partial charge in [-0.15, -0.1) is 0 Å². The number of para-hydroxylation sites is 2. The maximum Gasteiger partial charge on any atom is 0.416 e. The predicted molar refractivity (Wildman–Crippen MR) is 274 cm³/mol. The minimum absolute atomic E-state index is 0.0214. The fourth-order valence-electron chi connectivity index (χ4n) is 10.1. The summed E-state index contributed by atoms with van der Waals surface area (Å²) in [4.78, 5) is 13.4. The summed E-state index contributed by atoms with van der Waals surface area (Å²) in [6, 6.07) is 65.1. The Balaban J connectivity index is 1.18. The number of pyridine rings is 2. The van der Waals surface area contributed by atoms with E-state index in [2.05, 4.69) is 80.7 Å². The molecule has 0 aliphatic heterocycles. The van der Waals surface area contributed by atoms with Crippen LogP contribution in [0.25, 0.3) is 116 Å². The summed E-state index contributed by atoms with van der Waals surface area (Å²) < 4.78 is 49.7. The van der Waals surface area contributed by atoms with E-state index >= 15 is 13.2 Å². The van der Waals surface area contributed by atoms with Crippen LogP contribution in [0.15, 0.2) is 213 Å². The van der Waals surface area contributed by atoms with Crippen LogP contribution in [0.5, 0.6) is 0 Å². The highest BCUT2D eigenvalue weighted by Crippen LogP contribution is 2.48. The van der Waals surface area contributed by atoms with E-state index in [-0.39, 0.29) is 16.8 Å². The van der Waals surface area contributed by atoms with Crippen LogP contribution in [0.2, 0.25) is 0 Å². The third kappa shape index (κ3) is 7.02. The molecule has 0 spiro atoms. The van der Waals surface area contributed by atoms with E-state index in [0.717, 1.165) is 94.4 Å². The largest absolute Gasteiger partial charge is 0.416 e. The van der Waals surface area contributed by atoms with Gasteiger partial charge in [-0.1, -0.05) is 133 Å². The highest BCUT2D eigenvalue weighted by molar-refractivity contribution is 6.13. The average molecular weight is 898 g/mol. The molecule has 0 amide bonds. The Kier molecular flexibility index (Phi) is 9.82. The summed E-state index contributed by atoms with van der Waals surface area (Å²) in [6.45, 7) is 10.3. The monoisotopic (exact) mass is 897 g/mol. The van der Waals surface area contributed by atoms with E-state index in [1.165, 1.54) is 6.07 Å². The van der Waals surface area contributed by atoms with Crippen LogP contribution >= 0.6 is 0 Å². The van der Waals surface area contributed by atoms with Gasteiger partial charge in [-0.05, 0) is 113 Å². The standard InChI is InChI=1S/C61H38F3N5/c1-38-14-13-21-50(61(62,63)64)60(38)49-36-58(68-54-22-11-9-19-45(54)47-26-24-41(34-56(47)68)43-28-30-66-51(32-43)39-15-5-3-6-16-39)59(37-53(49)65-2)69-55-23-12-10-20-46(55)48-27-25-42(35-57(48)69)44-29-31-67-52(33-44)40-17-7-4-8-18-40/h3-37H,1H3. The molecular weight excluding hydrogens is 860 g/mol. The second-order valence-corrected chi connectivity index (χ2v) is 17.2.